The molecule has 0 atom stereocenters. The summed E-state index contributed by atoms with van der Waals surface area (Å²) < 4.78 is 25.3. The first-order chi connectivity index (χ1) is 13.0. The molecule has 27 heavy (non-hydrogen) atoms. The second-order valence-electron chi connectivity index (χ2n) is 6.83. The Hall–Kier alpha value is -1.99. The van der Waals surface area contributed by atoms with Crippen LogP contribution in [0.25, 0.3) is 10.1 Å². The zero-order valence-corrected chi connectivity index (χ0v) is 16.4. The second-order valence-corrected chi connectivity index (χ2v) is 7.88. The van der Waals surface area contributed by atoms with Crippen molar-refractivity contribution in [3.63, 3.8) is 0 Å². The number of carbonyl (C=O) groups is 2. The maximum absolute atomic E-state index is 14.2. The van der Waals surface area contributed by atoms with Crippen LogP contribution in [-0.4, -0.2) is 43.6 Å². The number of hydrogen-bond donors (Lipinski definition) is 0. The van der Waals surface area contributed by atoms with Gasteiger partial charge in [0.1, 0.15) is 10.7 Å². The fourth-order valence-electron chi connectivity index (χ4n) is 3.58. The summed E-state index contributed by atoms with van der Waals surface area (Å²) in [5, 5.41) is 0.377. The second kappa shape index (κ2) is 8.80. The first kappa shape index (κ1) is 19.8. The summed E-state index contributed by atoms with van der Waals surface area (Å²) in [6.07, 6.45) is 5.43. The number of rotatable bonds is 6. The van der Waals surface area contributed by atoms with E-state index >= 15 is 0 Å². The standard InChI is InChI=1S/C20H24FNO4S/c1-22(13-7-4-3-5-8-13)17(23)12-26-20(24)19-14(11-25-2)18-15(21)9-6-10-16(18)27-19/h6,9-10,13H,3-5,7-8,11-12H2,1-2H3. The number of methoxy groups -OCH3 is 1. The molecule has 0 aliphatic heterocycles. The average molecular weight is 393 g/mol. The normalized spacial score (nSPS) is 15.1. The van der Waals surface area contributed by atoms with Crippen molar-refractivity contribution < 1.29 is 23.5 Å². The molecular weight excluding hydrogens is 369 g/mol. The van der Waals surface area contributed by atoms with Crippen LogP contribution >= 0.6 is 11.3 Å². The SMILES string of the molecule is COCc1c(C(=O)OCC(=O)N(C)C2CCCCC2)sc2cccc(F)c12. The van der Waals surface area contributed by atoms with E-state index in [1.165, 1.54) is 19.6 Å². The smallest absolute Gasteiger partial charge is 0.349 e. The van der Waals surface area contributed by atoms with Gasteiger partial charge in [0, 0.05) is 35.8 Å². The molecule has 1 amide bonds. The Balaban J connectivity index is 1.71. The molecule has 2 aromatic rings. The molecule has 1 aliphatic rings. The van der Waals surface area contributed by atoms with E-state index in [4.69, 9.17) is 9.47 Å². The Labute approximate surface area is 162 Å². The largest absolute Gasteiger partial charge is 0.451 e. The number of esters is 1. The summed E-state index contributed by atoms with van der Waals surface area (Å²) in [7, 11) is 3.25. The molecule has 1 aromatic heterocycles. The molecule has 146 valence electrons. The number of thiophene rings is 1. The fraction of sp³-hybridized carbons (Fsp3) is 0.500. The highest BCUT2D eigenvalue weighted by Gasteiger charge is 2.25. The molecule has 0 spiro atoms. The van der Waals surface area contributed by atoms with Crippen molar-refractivity contribution in [3.8, 4) is 0 Å². The van der Waals surface area contributed by atoms with E-state index in [2.05, 4.69) is 0 Å². The van der Waals surface area contributed by atoms with E-state index < -0.39 is 11.8 Å². The number of likely N-dealkylation sites (N-methyl/N-ethyl adjacent to an activating group) is 1. The maximum atomic E-state index is 14.2. The van der Waals surface area contributed by atoms with Gasteiger partial charge in [-0.15, -0.1) is 11.3 Å². The highest BCUT2D eigenvalue weighted by atomic mass is 32.1. The first-order valence-electron chi connectivity index (χ1n) is 9.14. The average Bonchev–Trinajstić information content (AvgIpc) is 3.06. The molecule has 0 radical (unpaired) electrons. The lowest BCUT2D eigenvalue weighted by Crippen LogP contribution is -2.40. The fourth-order valence-corrected chi connectivity index (χ4v) is 4.70. The van der Waals surface area contributed by atoms with Crippen LogP contribution in [0.5, 0.6) is 0 Å². The summed E-state index contributed by atoms with van der Waals surface area (Å²) in [4.78, 5) is 26.9. The number of benzene rings is 1. The molecule has 1 heterocycles. The quantitative estimate of drug-likeness (QED) is 0.693. The van der Waals surface area contributed by atoms with Crippen LogP contribution in [0.4, 0.5) is 4.39 Å². The van der Waals surface area contributed by atoms with Crippen LogP contribution in [-0.2, 0) is 20.9 Å². The van der Waals surface area contributed by atoms with Crippen molar-refractivity contribution >= 4 is 33.3 Å². The van der Waals surface area contributed by atoms with Crippen molar-refractivity contribution in [2.45, 2.75) is 44.8 Å². The lowest BCUT2D eigenvalue weighted by Gasteiger charge is -2.31. The molecule has 3 rings (SSSR count). The summed E-state index contributed by atoms with van der Waals surface area (Å²) in [6.45, 7) is -0.212. The third-order valence-electron chi connectivity index (χ3n) is 5.08. The molecule has 0 N–H and O–H groups in total. The van der Waals surface area contributed by atoms with Gasteiger partial charge >= 0.3 is 5.97 Å². The maximum Gasteiger partial charge on any atom is 0.349 e. The van der Waals surface area contributed by atoms with Gasteiger partial charge in [0.2, 0.25) is 0 Å². The Morgan fingerprint density at radius 3 is 2.70 bits per heavy atom. The molecular formula is C20H24FNO4S. The van der Waals surface area contributed by atoms with Gasteiger partial charge in [0.25, 0.3) is 5.91 Å². The van der Waals surface area contributed by atoms with Crippen molar-refractivity contribution in [3.05, 3.63) is 34.5 Å². The number of ether oxygens (including phenoxy) is 2. The van der Waals surface area contributed by atoms with Gasteiger partial charge in [0.05, 0.1) is 6.61 Å². The third-order valence-corrected chi connectivity index (χ3v) is 6.26. The van der Waals surface area contributed by atoms with E-state index in [1.807, 2.05) is 0 Å². The van der Waals surface area contributed by atoms with E-state index in [0.717, 1.165) is 37.0 Å². The third kappa shape index (κ3) is 4.30. The lowest BCUT2D eigenvalue weighted by molar-refractivity contribution is -0.135. The molecule has 0 saturated heterocycles. The Kier molecular flexibility index (Phi) is 6.44. The minimum absolute atomic E-state index is 0.0985. The Morgan fingerprint density at radius 2 is 2.00 bits per heavy atom. The molecule has 1 aromatic carbocycles. The monoisotopic (exact) mass is 393 g/mol. The van der Waals surface area contributed by atoms with Gasteiger partial charge in [-0.2, -0.15) is 0 Å². The van der Waals surface area contributed by atoms with Crippen molar-refractivity contribution in [2.24, 2.45) is 0 Å². The molecule has 0 unspecified atom stereocenters. The summed E-state index contributed by atoms with van der Waals surface area (Å²) >= 11 is 1.15. The van der Waals surface area contributed by atoms with Crippen molar-refractivity contribution in [1.82, 2.24) is 4.90 Å². The van der Waals surface area contributed by atoms with Crippen LogP contribution < -0.4 is 0 Å². The van der Waals surface area contributed by atoms with Gasteiger partial charge in [-0.3, -0.25) is 4.79 Å². The van der Waals surface area contributed by atoms with E-state index in [0.29, 0.717) is 15.6 Å². The number of carbonyl (C=O) groups excluding carboxylic acids is 2. The molecule has 5 nitrogen and oxygen atoms in total. The number of halogens is 1. The number of hydrogen-bond acceptors (Lipinski definition) is 5. The lowest BCUT2D eigenvalue weighted by atomic mass is 9.94. The zero-order chi connectivity index (χ0) is 19.4. The van der Waals surface area contributed by atoms with Crippen LogP contribution in [0.2, 0.25) is 0 Å². The zero-order valence-electron chi connectivity index (χ0n) is 15.6. The van der Waals surface area contributed by atoms with Crippen molar-refractivity contribution in [2.75, 3.05) is 20.8 Å². The number of fused-ring (bicyclic) bond motifs is 1. The first-order valence-corrected chi connectivity index (χ1v) is 9.96. The summed E-state index contributed by atoms with van der Waals surface area (Å²) in [6, 6.07) is 4.92. The highest BCUT2D eigenvalue weighted by Crippen LogP contribution is 2.34. The van der Waals surface area contributed by atoms with Crippen LogP contribution in [0.3, 0.4) is 0 Å². The molecule has 1 saturated carbocycles. The van der Waals surface area contributed by atoms with E-state index in [9.17, 15) is 14.0 Å². The molecule has 7 heteroatoms. The topological polar surface area (TPSA) is 55.8 Å². The molecule has 0 bridgehead atoms. The predicted octanol–water partition coefficient (Wildman–Crippen LogP) is 4.13. The molecule has 1 fully saturated rings. The van der Waals surface area contributed by atoms with E-state index in [-0.39, 0.29) is 30.0 Å². The minimum Gasteiger partial charge on any atom is -0.451 e. The molecule has 1 aliphatic carbocycles. The van der Waals surface area contributed by atoms with Gasteiger partial charge in [-0.05, 0) is 25.0 Å². The van der Waals surface area contributed by atoms with Crippen LogP contribution in [0.1, 0.15) is 47.3 Å². The Bertz CT molecular complexity index is 829. The highest BCUT2D eigenvalue weighted by molar-refractivity contribution is 7.21. The van der Waals surface area contributed by atoms with Crippen LogP contribution in [0.15, 0.2) is 18.2 Å². The predicted molar refractivity (Wildman–Crippen MR) is 102 cm³/mol. The summed E-state index contributed by atoms with van der Waals surface area (Å²) in [5.41, 5.74) is 0.466. The number of nitrogens with zero attached hydrogens (tertiary/aromatic N) is 1. The van der Waals surface area contributed by atoms with Crippen LogP contribution in [0, 0.1) is 5.82 Å². The number of amides is 1. The van der Waals surface area contributed by atoms with Crippen molar-refractivity contribution in [1.29, 1.82) is 0 Å². The van der Waals surface area contributed by atoms with Gasteiger partial charge in [-0.1, -0.05) is 25.3 Å². The Morgan fingerprint density at radius 1 is 1.26 bits per heavy atom. The van der Waals surface area contributed by atoms with Gasteiger partial charge in [0.15, 0.2) is 6.61 Å². The van der Waals surface area contributed by atoms with Gasteiger partial charge in [-0.25, -0.2) is 9.18 Å². The van der Waals surface area contributed by atoms with Gasteiger partial charge < -0.3 is 14.4 Å². The summed E-state index contributed by atoms with van der Waals surface area (Å²) in [5.74, 6) is -1.23. The van der Waals surface area contributed by atoms with E-state index in [1.54, 1.807) is 24.1 Å². The minimum atomic E-state index is -0.618.